The summed E-state index contributed by atoms with van der Waals surface area (Å²) in [6, 6.07) is 27.5. The van der Waals surface area contributed by atoms with E-state index in [0.29, 0.717) is 22.6 Å². The van der Waals surface area contributed by atoms with Crippen LogP contribution in [0.2, 0.25) is 0 Å². The Morgan fingerprint density at radius 1 is 0.438 bits per heavy atom. The van der Waals surface area contributed by atoms with Gasteiger partial charge in [0, 0.05) is 0 Å². The zero-order valence-electron chi connectivity index (χ0n) is 21.1. The lowest BCUT2D eigenvalue weighted by molar-refractivity contribution is 1.02. The lowest BCUT2D eigenvalue weighted by atomic mass is 9.99. The number of hydrogen-bond donors (Lipinski definition) is 0. The van der Waals surface area contributed by atoms with Gasteiger partial charge in [-0.1, -0.05) is 138 Å². The molecule has 0 aliphatic rings. The molecular formula is C30H40P2. The maximum Gasteiger partial charge on any atom is -0.0107 e. The average Bonchev–Trinajstić information content (AvgIpc) is 2.74. The van der Waals surface area contributed by atoms with Crippen LogP contribution in [0.15, 0.2) is 72.8 Å². The minimum atomic E-state index is -0.213. The van der Waals surface area contributed by atoms with Gasteiger partial charge in [0.2, 0.25) is 0 Å². The van der Waals surface area contributed by atoms with Crippen LogP contribution in [0.25, 0.3) is 22.3 Å². The molecule has 0 N–H and O–H groups in total. The number of rotatable bonds is 8. The maximum absolute atomic E-state index is 2.43. The van der Waals surface area contributed by atoms with E-state index >= 15 is 0 Å². The van der Waals surface area contributed by atoms with E-state index in [4.69, 9.17) is 0 Å². The van der Waals surface area contributed by atoms with Gasteiger partial charge in [0.25, 0.3) is 0 Å². The highest BCUT2D eigenvalue weighted by Crippen LogP contribution is 2.48. The Kier molecular flexibility index (Phi) is 8.72. The molecule has 0 nitrogen and oxygen atoms in total. The molecule has 0 aliphatic carbocycles. The smallest absolute Gasteiger partial charge is 0.0107 e. The van der Waals surface area contributed by atoms with Gasteiger partial charge in [0.15, 0.2) is 0 Å². The molecule has 3 aromatic rings. The molecule has 0 fully saturated rings. The predicted octanol–water partition coefficient (Wildman–Crippen LogP) is 8.87. The summed E-state index contributed by atoms with van der Waals surface area (Å²) in [6.45, 7) is 19.1. The molecule has 0 saturated carbocycles. The van der Waals surface area contributed by atoms with E-state index in [1.807, 2.05) is 0 Å². The fourth-order valence-corrected chi connectivity index (χ4v) is 11.1. The van der Waals surface area contributed by atoms with E-state index < -0.39 is 0 Å². The molecule has 0 atom stereocenters. The summed E-state index contributed by atoms with van der Waals surface area (Å²) in [7, 11) is -0.425. The largest absolute Gasteiger partial charge is 0.0694 e. The van der Waals surface area contributed by atoms with Crippen molar-refractivity contribution in [1.29, 1.82) is 0 Å². The molecule has 0 radical (unpaired) electrons. The number of hydrogen-bond acceptors (Lipinski definition) is 0. The van der Waals surface area contributed by atoms with Gasteiger partial charge in [-0.25, -0.2) is 0 Å². The minimum absolute atomic E-state index is 0.213. The second-order valence-corrected chi connectivity index (χ2v) is 16.5. The Balaban J connectivity index is 2.14. The third-order valence-electron chi connectivity index (χ3n) is 6.07. The van der Waals surface area contributed by atoms with Crippen LogP contribution in [0.3, 0.4) is 0 Å². The van der Waals surface area contributed by atoms with E-state index in [2.05, 4.69) is 128 Å². The zero-order valence-corrected chi connectivity index (χ0v) is 22.9. The molecule has 0 bridgehead atoms. The lowest BCUT2D eigenvalue weighted by Gasteiger charge is -2.29. The highest BCUT2D eigenvalue weighted by atomic mass is 31.1. The molecule has 0 spiro atoms. The van der Waals surface area contributed by atoms with Gasteiger partial charge in [-0.2, -0.15) is 0 Å². The summed E-state index contributed by atoms with van der Waals surface area (Å²) < 4.78 is 0. The van der Waals surface area contributed by atoms with E-state index in [1.54, 1.807) is 10.6 Å². The van der Waals surface area contributed by atoms with Crippen LogP contribution < -0.4 is 10.6 Å². The SMILES string of the molecule is CC(C)P(c1ccccc1-c1cccc(-c2ccccc2P(C(C)C)C(C)C)c1)C(C)C. The Morgan fingerprint density at radius 2 is 0.781 bits per heavy atom. The fraction of sp³-hybridized carbons (Fsp3) is 0.400. The van der Waals surface area contributed by atoms with Gasteiger partial charge in [0.05, 0.1) is 0 Å². The van der Waals surface area contributed by atoms with E-state index in [0.717, 1.165) is 0 Å². The highest BCUT2D eigenvalue weighted by molar-refractivity contribution is 7.67. The molecule has 2 heteroatoms. The first-order valence-electron chi connectivity index (χ1n) is 12.1. The topological polar surface area (TPSA) is 0 Å². The Bertz CT molecular complexity index is 922. The van der Waals surface area contributed by atoms with Crippen LogP contribution in [0, 0.1) is 0 Å². The Labute approximate surface area is 199 Å². The summed E-state index contributed by atoms with van der Waals surface area (Å²) >= 11 is 0. The molecule has 0 heterocycles. The van der Waals surface area contributed by atoms with Gasteiger partial charge in [-0.15, -0.1) is 0 Å². The van der Waals surface area contributed by atoms with Crippen LogP contribution in [0.1, 0.15) is 55.4 Å². The molecular weight excluding hydrogens is 422 g/mol. The van der Waals surface area contributed by atoms with Crippen LogP contribution in [-0.2, 0) is 0 Å². The Morgan fingerprint density at radius 3 is 1.12 bits per heavy atom. The van der Waals surface area contributed by atoms with Gasteiger partial charge >= 0.3 is 0 Å². The van der Waals surface area contributed by atoms with Gasteiger partial charge in [0.1, 0.15) is 0 Å². The normalized spacial score (nSPS) is 12.2. The highest BCUT2D eigenvalue weighted by Gasteiger charge is 2.24. The quantitative estimate of drug-likeness (QED) is 0.293. The summed E-state index contributed by atoms with van der Waals surface area (Å²) in [5.74, 6) is 0. The van der Waals surface area contributed by atoms with Gasteiger partial charge in [-0.3, -0.25) is 0 Å². The predicted molar refractivity (Wildman–Crippen MR) is 151 cm³/mol. The van der Waals surface area contributed by atoms with Crippen molar-refractivity contribution >= 4 is 26.5 Å². The number of benzene rings is 3. The first-order valence-corrected chi connectivity index (χ1v) is 15.0. The summed E-state index contributed by atoms with van der Waals surface area (Å²) in [4.78, 5) is 0. The third kappa shape index (κ3) is 5.53. The van der Waals surface area contributed by atoms with Crippen LogP contribution >= 0.6 is 15.8 Å². The average molecular weight is 463 g/mol. The molecule has 170 valence electrons. The maximum atomic E-state index is 2.43. The summed E-state index contributed by atoms with van der Waals surface area (Å²) in [5, 5.41) is 3.09. The zero-order chi connectivity index (χ0) is 23.4. The van der Waals surface area contributed by atoms with Crippen molar-refractivity contribution < 1.29 is 0 Å². The third-order valence-corrected chi connectivity index (χ3v) is 12.4. The van der Waals surface area contributed by atoms with Crippen molar-refractivity contribution in [3.8, 4) is 22.3 Å². The summed E-state index contributed by atoms with van der Waals surface area (Å²) in [6.07, 6.45) is 0. The van der Waals surface area contributed by atoms with Crippen molar-refractivity contribution in [3.05, 3.63) is 72.8 Å². The lowest BCUT2D eigenvalue weighted by Crippen LogP contribution is -2.17. The van der Waals surface area contributed by atoms with E-state index in [-0.39, 0.29) is 15.8 Å². The van der Waals surface area contributed by atoms with Gasteiger partial charge < -0.3 is 0 Å². The van der Waals surface area contributed by atoms with Gasteiger partial charge in [-0.05, 0) is 61.6 Å². The summed E-state index contributed by atoms with van der Waals surface area (Å²) in [5.41, 5.74) is 8.23. The van der Waals surface area contributed by atoms with E-state index in [1.165, 1.54) is 22.3 Å². The van der Waals surface area contributed by atoms with Crippen molar-refractivity contribution in [1.82, 2.24) is 0 Å². The standard InChI is InChI=1S/C30H40P2/c1-21(2)31(22(3)4)29-18-11-9-16-27(29)25-14-13-15-26(20-25)28-17-10-12-19-30(28)32(23(5)6)24(7)8/h9-24H,1-8H3. The van der Waals surface area contributed by atoms with Crippen molar-refractivity contribution in [2.24, 2.45) is 0 Å². The molecule has 32 heavy (non-hydrogen) atoms. The molecule has 0 aromatic heterocycles. The van der Waals surface area contributed by atoms with Crippen LogP contribution in [-0.4, -0.2) is 22.6 Å². The molecule has 3 aromatic carbocycles. The second-order valence-electron chi connectivity index (χ2n) is 9.80. The van der Waals surface area contributed by atoms with Crippen molar-refractivity contribution in [3.63, 3.8) is 0 Å². The molecule has 0 saturated heterocycles. The van der Waals surface area contributed by atoms with E-state index in [9.17, 15) is 0 Å². The molecule has 0 amide bonds. The first kappa shape index (κ1) is 25.1. The molecule has 0 unspecified atom stereocenters. The second kappa shape index (κ2) is 11.1. The van der Waals surface area contributed by atoms with Crippen LogP contribution in [0.5, 0.6) is 0 Å². The van der Waals surface area contributed by atoms with Crippen LogP contribution in [0.4, 0.5) is 0 Å². The fourth-order valence-electron chi connectivity index (χ4n) is 5.05. The van der Waals surface area contributed by atoms with Crippen molar-refractivity contribution in [2.75, 3.05) is 0 Å². The Hall–Kier alpha value is -1.48. The molecule has 3 rings (SSSR count). The van der Waals surface area contributed by atoms with Crippen molar-refractivity contribution in [2.45, 2.75) is 78.0 Å². The minimum Gasteiger partial charge on any atom is -0.0694 e. The first-order chi connectivity index (χ1) is 15.2. The molecule has 0 aliphatic heterocycles. The monoisotopic (exact) mass is 462 g/mol.